The molecule has 1 saturated heterocycles. The van der Waals surface area contributed by atoms with Crippen LogP contribution in [-0.2, 0) is 14.3 Å². The molecule has 3 heteroatoms. The smallest absolute Gasteiger partial charge is 0.172 e. The highest BCUT2D eigenvalue weighted by molar-refractivity contribution is 5.50. The van der Waals surface area contributed by atoms with Crippen LogP contribution in [0.15, 0.2) is 0 Å². The maximum absolute atomic E-state index is 10.3. The lowest BCUT2D eigenvalue weighted by atomic mass is 9.94. The summed E-state index contributed by atoms with van der Waals surface area (Å²) in [6.45, 7) is 7.26. The first-order valence-corrected chi connectivity index (χ1v) is 4.19. The SMILES string of the molecule is CC1(C)COC(C)(CC=O)OC1. The topological polar surface area (TPSA) is 35.5 Å². The number of carbonyl (C=O) groups is 1. The van der Waals surface area contributed by atoms with Crippen LogP contribution in [0.4, 0.5) is 0 Å². The van der Waals surface area contributed by atoms with Crippen molar-refractivity contribution in [2.24, 2.45) is 5.41 Å². The van der Waals surface area contributed by atoms with Gasteiger partial charge in [-0.3, -0.25) is 0 Å². The van der Waals surface area contributed by atoms with Crippen LogP contribution in [0, 0.1) is 5.41 Å². The summed E-state index contributed by atoms with van der Waals surface area (Å²) >= 11 is 0. The second-order valence-corrected chi connectivity index (χ2v) is 4.25. The fraction of sp³-hybridized carbons (Fsp3) is 0.889. The monoisotopic (exact) mass is 172 g/mol. The molecule has 70 valence electrons. The van der Waals surface area contributed by atoms with Gasteiger partial charge in [0.15, 0.2) is 5.79 Å². The average Bonchev–Trinajstić information content (AvgIpc) is 1.98. The molecule has 0 spiro atoms. The molecule has 1 heterocycles. The normalized spacial score (nSPS) is 26.6. The quantitative estimate of drug-likeness (QED) is 0.590. The summed E-state index contributed by atoms with van der Waals surface area (Å²) < 4.78 is 10.9. The molecule has 0 radical (unpaired) electrons. The average molecular weight is 172 g/mol. The molecule has 0 bridgehead atoms. The zero-order chi connectivity index (χ0) is 9.24. The fourth-order valence-corrected chi connectivity index (χ4v) is 1.05. The van der Waals surface area contributed by atoms with Crippen molar-refractivity contribution in [3.05, 3.63) is 0 Å². The molecule has 0 atom stereocenters. The Balaban J connectivity index is 2.49. The molecular formula is C9H16O3. The molecule has 0 aliphatic carbocycles. The zero-order valence-corrected chi connectivity index (χ0v) is 7.92. The largest absolute Gasteiger partial charge is 0.349 e. The van der Waals surface area contributed by atoms with Gasteiger partial charge in [-0.1, -0.05) is 13.8 Å². The van der Waals surface area contributed by atoms with E-state index in [9.17, 15) is 4.79 Å². The van der Waals surface area contributed by atoms with Gasteiger partial charge in [0.2, 0.25) is 0 Å². The highest BCUT2D eigenvalue weighted by Gasteiger charge is 2.36. The van der Waals surface area contributed by atoms with Crippen LogP contribution in [0.25, 0.3) is 0 Å². The summed E-state index contributed by atoms with van der Waals surface area (Å²) in [6, 6.07) is 0. The van der Waals surface area contributed by atoms with Crippen LogP contribution in [-0.4, -0.2) is 25.3 Å². The number of aldehydes is 1. The third-order valence-corrected chi connectivity index (χ3v) is 1.99. The van der Waals surface area contributed by atoms with Crippen LogP contribution < -0.4 is 0 Å². The van der Waals surface area contributed by atoms with Gasteiger partial charge in [-0.25, -0.2) is 0 Å². The fourth-order valence-electron chi connectivity index (χ4n) is 1.05. The molecule has 0 aromatic heterocycles. The first-order chi connectivity index (χ1) is 5.47. The minimum Gasteiger partial charge on any atom is -0.349 e. The number of hydrogen-bond donors (Lipinski definition) is 0. The Labute approximate surface area is 73.0 Å². The maximum Gasteiger partial charge on any atom is 0.172 e. The van der Waals surface area contributed by atoms with Crippen LogP contribution in [0.2, 0.25) is 0 Å². The Hall–Kier alpha value is -0.410. The predicted molar refractivity (Wildman–Crippen MR) is 44.8 cm³/mol. The van der Waals surface area contributed by atoms with E-state index in [1.807, 2.05) is 0 Å². The van der Waals surface area contributed by atoms with Crippen LogP contribution >= 0.6 is 0 Å². The van der Waals surface area contributed by atoms with Gasteiger partial charge in [0.1, 0.15) is 6.29 Å². The molecular weight excluding hydrogens is 156 g/mol. The van der Waals surface area contributed by atoms with Gasteiger partial charge >= 0.3 is 0 Å². The van der Waals surface area contributed by atoms with Crippen molar-refractivity contribution < 1.29 is 14.3 Å². The lowest BCUT2D eigenvalue weighted by molar-refractivity contribution is -0.287. The van der Waals surface area contributed by atoms with Gasteiger partial charge in [0, 0.05) is 5.41 Å². The standard InChI is InChI=1S/C9H16O3/c1-8(2)6-11-9(3,4-5-10)12-7-8/h5H,4,6-7H2,1-3H3. The molecule has 1 rings (SSSR count). The first-order valence-electron chi connectivity index (χ1n) is 4.19. The zero-order valence-electron chi connectivity index (χ0n) is 7.92. The van der Waals surface area contributed by atoms with Crippen molar-refractivity contribution in [2.45, 2.75) is 33.0 Å². The van der Waals surface area contributed by atoms with Crippen molar-refractivity contribution in [1.29, 1.82) is 0 Å². The third kappa shape index (κ3) is 2.29. The first kappa shape index (κ1) is 9.68. The lowest BCUT2D eigenvalue weighted by Crippen LogP contribution is -2.45. The van der Waals surface area contributed by atoms with Crippen LogP contribution in [0.1, 0.15) is 27.2 Å². The van der Waals surface area contributed by atoms with E-state index in [0.717, 1.165) is 6.29 Å². The van der Waals surface area contributed by atoms with E-state index in [4.69, 9.17) is 9.47 Å². The second kappa shape index (κ2) is 3.15. The van der Waals surface area contributed by atoms with E-state index >= 15 is 0 Å². The molecule has 1 aliphatic rings. The Morgan fingerprint density at radius 2 is 1.75 bits per heavy atom. The summed E-state index contributed by atoms with van der Waals surface area (Å²) in [7, 11) is 0. The second-order valence-electron chi connectivity index (χ2n) is 4.25. The highest BCUT2D eigenvalue weighted by atomic mass is 16.7. The molecule has 12 heavy (non-hydrogen) atoms. The van der Waals surface area contributed by atoms with Crippen molar-refractivity contribution in [3.8, 4) is 0 Å². The van der Waals surface area contributed by atoms with Crippen LogP contribution in [0.5, 0.6) is 0 Å². The predicted octanol–water partition coefficient (Wildman–Crippen LogP) is 1.36. The van der Waals surface area contributed by atoms with E-state index < -0.39 is 5.79 Å². The van der Waals surface area contributed by atoms with Gasteiger partial charge < -0.3 is 14.3 Å². The lowest BCUT2D eigenvalue weighted by Gasteiger charge is -2.40. The van der Waals surface area contributed by atoms with Gasteiger partial charge in [-0.15, -0.1) is 0 Å². The number of carbonyl (C=O) groups excluding carboxylic acids is 1. The molecule has 0 aromatic carbocycles. The summed E-state index contributed by atoms with van der Waals surface area (Å²) in [5, 5.41) is 0. The Morgan fingerprint density at radius 3 is 2.17 bits per heavy atom. The molecule has 0 aromatic rings. The molecule has 1 fully saturated rings. The third-order valence-electron chi connectivity index (χ3n) is 1.99. The summed E-state index contributed by atoms with van der Waals surface area (Å²) in [4.78, 5) is 10.3. The minimum atomic E-state index is -0.683. The summed E-state index contributed by atoms with van der Waals surface area (Å²) in [5.41, 5.74) is 0.0718. The van der Waals surface area contributed by atoms with Gasteiger partial charge in [-0.2, -0.15) is 0 Å². The van der Waals surface area contributed by atoms with Crippen molar-refractivity contribution in [1.82, 2.24) is 0 Å². The molecule has 0 N–H and O–H groups in total. The Kier molecular flexibility index (Phi) is 2.54. The van der Waals surface area contributed by atoms with Crippen molar-refractivity contribution >= 4 is 6.29 Å². The van der Waals surface area contributed by atoms with Crippen molar-refractivity contribution in [2.75, 3.05) is 13.2 Å². The van der Waals surface area contributed by atoms with Crippen molar-refractivity contribution in [3.63, 3.8) is 0 Å². The minimum absolute atomic E-state index is 0.0718. The van der Waals surface area contributed by atoms with Crippen LogP contribution in [0.3, 0.4) is 0 Å². The van der Waals surface area contributed by atoms with Gasteiger partial charge in [-0.05, 0) is 6.92 Å². The Morgan fingerprint density at radius 1 is 1.25 bits per heavy atom. The molecule has 0 amide bonds. The van der Waals surface area contributed by atoms with E-state index in [-0.39, 0.29) is 5.41 Å². The van der Waals surface area contributed by atoms with Gasteiger partial charge in [0.25, 0.3) is 0 Å². The maximum atomic E-state index is 10.3. The number of ether oxygens (including phenoxy) is 2. The summed E-state index contributed by atoms with van der Waals surface area (Å²) in [6.07, 6.45) is 1.14. The highest BCUT2D eigenvalue weighted by Crippen LogP contribution is 2.30. The summed E-state index contributed by atoms with van der Waals surface area (Å²) in [5.74, 6) is -0.683. The molecule has 3 nitrogen and oxygen atoms in total. The van der Waals surface area contributed by atoms with E-state index in [0.29, 0.717) is 19.6 Å². The van der Waals surface area contributed by atoms with Gasteiger partial charge in [0.05, 0.1) is 19.6 Å². The Bertz CT molecular complexity index is 165. The van der Waals surface area contributed by atoms with E-state index in [2.05, 4.69) is 13.8 Å². The molecule has 1 aliphatic heterocycles. The van der Waals surface area contributed by atoms with E-state index in [1.165, 1.54) is 0 Å². The number of hydrogen-bond acceptors (Lipinski definition) is 3. The van der Waals surface area contributed by atoms with E-state index in [1.54, 1.807) is 6.92 Å². The molecule has 0 saturated carbocycles. The molecule has 0 unspecified atom stereocenters. The number of rotatable bonds is 2.